The average Bonchev–Trinajstić information content (AvgIpc) is 3.31. The molecular formula is C17H16N6O3S. The normalized spacial score (nSPS) is 19.4. The second kappa shape index (κ2) is 7.31. The Morgan fingerprint density at radius 2 is 2.00 bits per heavy atom. The van der Waals surface area contributed by atoms with E-state index in [1.807, 2.05) is 0 Å². The van der Waals surface area contributed by atoms with Crippen molar-refractivity contribution in [1.82, 2.24) is 20.7 Å². The summed E-state index contributed by atoms with van der Waals surface area (Å²) in [6.07, 6.45) is 3.99. The van der Waals surface area contributed by atoms with Gasteiger partial charge in [0, 0.05) is 23.2 Å². The number of aliphatic imine (C=N–C) groups is 1. The molecule has 1 aromatic heterocycles. The van der Waals surface area contributed by atoms with Crippen LogP contribution >= 0.6 is 11.8 Å². The highest BCUT2D eigenvalue weighted by Crippen LogP contribution is 2.32. The second-order valence-electron chi connectivity index (χ2n) is 6.36. The van der Waals surface area contributed by atoms with Crippen molar-refractivity contribution in [3.8, 4) is 11.3 Å². The summed E-state index contributed by atoms with van der Waals surface area (Å²) in [4.78, 5) is 40.6. The summed E-state index contributed by atoms with van der Waals surface area (Å²) in [7, 11) is 0. The maximum absolute atomic E-state index is 12.4. The van der Waals surface area contributed by atoms with Crippen molar-refractivity contribution in [3.05, 3.63) is 30.5 Å². The molecule has 2 aromatic rings. The second-order valence-corrected chi connectivity index (χ2v) is 7.37. The molecule has 2 heterocycles. The number of amides is 3. The highest BCUT2D eigenvalue weighted by Gasteiger charge is 2.38. The number of rotatable bonds is 5. The van der Waals surface area contributed by atoms with E-state index in [2.05, 4.69) is 31.0 Å². The molecular weight excluding hydrogens is 368 g/mol. The number of amidine groups is 1. The number of benzene rings is 1. The summed E-state index contributed by atoms with van der Waals surface area (Å²) >= 11 is 1.35. The van der Waals surface area contributed by atoms with Crippen LogP contribution in [0.4, 0.5) is 5.69 Å². The van der Waals surface area contributed by atoms with Crippen molar-refractivity contribution >= 4 is 40.3 Å². The molecule has 4 rings (SSSR count). The number of nitrogens with zero attached hydrogens (tertiary/aromatic N) is 3. The predicted octanol–water partition coefficient (Wildman–Crippen LogP) is 1.18. The van der Waals surface area contributed by atoms with Gasteiger partial charge >= 0.3 is 0 Å². The Balaban J connectivity index is 1.40. The first kappa shape index (κ1) is 17.4. The van der Waals surface area contributed by atoms with Gasteiger partial charge in [-0.15, -0.1) is 5.10 Å². The average molecular weight is 384 g/mol. The van der Waals surface area contributed by atoms with Crippen LogP contribution in [0, 0.1) is 11.8 Å². The molecule has 1 aromatic carbocycles. The molecule has 0 bridgehead atoms. The minimum atomic E-state index is -1.48. The Kier molecular flexibility index (Phi) is 4.71. The summed E-state index contributed by atoms with van der Waals surface area (Å²) in [6.45, 7) is 0. The fraction of sp³-hybridized carbons (Fsp3) is 0.294. The molecule has 138 valence electrons. The first-order valence-corrected chi connectivity index (χ1v) is 9.42. The molecule has 1 aliphatic carbocycles. The number of hydrogen-bond acceptors (Lipinski definition) is 6. The van der Waals surface area contributed by atoms with Gasteiger partial charge in [0.1, 0.15) is 5.69 Å². The minimum Gasteiger partial charge on any atom is -0.325 e. The number of anilines is 1. The zero-order valence-corrected chi connectivity index (χ0v) is 15.0. The highest BCUT2D eigenvalue weighted by atomic mass is 32.2. The molecule has 0 spiro atoms. The standard InChI is InChI=1S/C17H16N6O3S/c24-14(19-11-5-3-10(4-6-11)12-7-18-23-22-12)13-15(25)20-17(21-16(13)26)27-8-9-1-2-9/h3-7,9,13H,1-2,8H2,(H,19,24)(H,18,22,23)(H,20,21,25,26). The number of thioether (sulfide) groups is 1. The Hall–Kier alpha value is -3.01. The van der Waals surface area contributed by atoms with E-state index in [-0.39, 0.29) is 5.17 Å². The summed E-state index contributed by atoms with van der Waals surface area (Å²) in [6, 6.07) is 6.82. The van der Waals surface area contributed by atoms with Gasteiger partial charge in [0.15, 0.2) is 11.1 Å². The molecule has 0 saturated heterocycles. The van der Waals surface area contributed by atoms with Crippen molar-refractivity contribution in [1.29, 1.82) is 0 Å². The number of nitrogens with one attached hydrogen (secondary N) is 3. The lowest BCUT2D eigenvalue weighted by atomic mass is 10.1. The third kappa shape index (κ3) is 4.05. The summed E-state index contributed by atoms with van der Waals surface area (Å²) in [5.74, 6) is -2.13. The minimum absolute atomic E-state index is 0.276. The van der Waals surface area contributed by atoms with E-state index in [9.17, 15) is 14.4 Å². The van der Waals surface area contributed by atoms with Crippen LogP contribution in [0.5, 0.6) is 0 Å². The number of hydrogen-bond donors (Lipinski definition) is 3. The molecule has 10 heteroatoms. The number of carbonyl (C=O) groups excluding carboxylic acids is 3. The molecule has 9 nitrogen and oxygen atoms in total. The monoisotopic (exact) mass is 384 g/mol. The third-order valence-corrected chi connectivity index (χ3v) is 5.34. The van der Waals surface area contributed by atoms with Crippen LogP contribution in [0.1, 0.15) is 12.8 Å². The van der Waals surface area contributed by atoms with E-state index in [1.54, 1.807) is 30.5 Å². The van der Waals surface area contributed by atoms with Gasteiger partial charge in [-0.1, -0.05) is 29.1 Å². The Labute approximate surface area is 158 Å². The van der Waals surface area contributed by atoms with Crippen molar-refractivity contribution in [3.63, 3.8) is 0 Å². The molecule has 27 heavy (non-hydrogen) atoms. The fourth-order valence-electron chi connectivity index (χ4n) is 2.54. The van der Waals surface area contributed by atoms with Gasteiger partial charge in [-0.2, -0.15) is 4.99 Å². The van der Waals surface area contributed by atoms with Crippen molar-refractivity contribution in [2.75, 3.05) is 11.1 Å². The Morgan fingerprint density at radius 3 is 2.63 bits per heavy atom. The molecule has 3 amide bonds. The van der Waals surface area contributed by atoms with Crippen LogP contribution in [0.3, 0.4) is 0 Å². The van der Waals surface area contributed by atoms with E-state index in [0.29, 0.717) is 17.3 Å². The maximum atomic E-state index is 12.4. The SMILES string of the molecule is O=C1N=C(SCC2CC2)NC(=O)C1C(=O)Nc1ccc(-c2c[nH]nn2)cc1. The van der Waals surface area contributed by atoms with Gasteiger partial charge in [0.05, 0.1) is 0 Å². The van der Waals surface area contributed by atoms with Gasteiger partial charge < -0.3 is 10.6 Å². The van der Waals surface area contributed by atoms with E-state index in [1.165, 1.54) is 24.6 Å². The van der Waals surface area contributed by atoms with Gasteiger partial charge in [0.25, 0.3) is 5.91 Å². The van der Waals surface area contributed by atoms with Gasteiger partial charge in [-0.3, -0.25) is 19.5 Å². The number of H-pyrrole nitrogens is 1. The summed E-state index contributed by atoms with van der Waals surface area (Å²) < 4.78 is 0. The zero-order chi connectivity index (χ0) is 18.8. The van der Waals surface area contributed by atoms with E-state index in [4.69, 9.17) is 0 Å². The van der Waals surface area contributed by atoms with Gasteiger partial charge in [0.2, 0.25) is 11.8 Å². The Morgan fingerprint density at radius 1 is 1.22 bits per heavy atom. The Bertz CT molecular complexity index is 905. The molecule has 1 aliphatic heterocycles. The van der Waals surface area contributed by atoms with Crippen LogP contribution in [0.25, 0.3) is 11.3 Å². The fourth-order valence-corrected chi connectivity index (χ4v) is 3.60. The first-order chi connectivity index (χ1) is 13.1. The van der Waals surface area contributed by atoms with Crippen molar-refractivity contribution in [2.45, 2.75) is 12.8 Å². The van der Waals surface area contributed by atoms with Gasteiger partial charge in [-0.05, 0) is 30.9 Å². The molecule has 1 atom stereocenters. The quantitative estimate of drug-likeness (QED) is 0.664. The smallest absolute Gasteiger partial charge is 0.270 e. The number of carbonyl (C=O) groups is 3. The molecule has 1 unspecified atom stereocenters. The highest BCUT2D eigenvalue weighted by molar-refractivity contribution is 8.13. The molecule has 0 radical (unpaired) electrons. The molecule has 1 fully saturated rings. The molecule has 1 saturated carbocycles. The zero-order valence-electron chi connectivity index (χ0n) is 14.1. The van der Waals surface area contributed by atoms with Crippen molar-refractivity contribution < 1.29 is 14.4 Å². The lowest BCUT2D eigenvalue weighted by Gasteiger charge is -2.19. The number of aromatic nitrogens is 3. The van der Waals surface area contributed by atoms with Gasteiger partial charge in [-0.25, -0.2) is 0 Å². The first-order valence-electron chi connectivity index (χ1n) is 8.44. The van der Waals surface area contributed by atoms with E-state index < -0.39 is 23.6 Å². The van der Waals surface area contributed by atoms with Crippen LogP contribution < -0.4 is 10.6 Å². The summed E-state index contributed by atoms with van der Waals surface area (Å²) in [5.41, 5.74) is 1.95. The third-order valence-electron chi connectivity index (χ3n) is 4.23. The van der Waals surface area contributed by atoms with Crippen LogP contribution in [0.2, 0.25) is 0 Å². The van der Waals surface area contributed by atoms with Crippen LogP contribution in [0.15, 0.2) is 35.5 Å². The number of aromatic amines is 1. The van der Waals surface area contributed by atoms with Crippen molar-refractivity contribution in [2.24, 2.45) is 16.8 Å². The van der Waals surface area contributed by atoms with E-state index >= 15 is 0 Å². The molecule has 3 N–H and O–H groups in total. The summed E-state index contributed by atoms with van der Waals surface area (Å²) in [5, 5.41) is 15.6. The van der Waals surface area contributed by atoms with Crippen LogP contribution in [-0.4, -0.2) is 44.1 Å². The maximum Gasteiger partial charge on any atom is 0.270 e. The predicted molar refractivity (Wildman–Crippen MR) is 99.7 cm³/mol. The topological polar surface area (TPSA) is 129 Å². The van der Waals surface area contributed by atoms with E-state index in [0.717, 1.165) is 11.3 Å². The lowest BCUT2D eigenvalue weighted by Crippen LogP contribution is -2.48. The largest absolute Gasteiger partial charge is 0.325 e. The lowest BCUT2D eigenvalue weighted by molar-refractivity contribution is -0.139. The van der Waals surface area contributed by atoms with Crippen LogP contribution in [-0.2, 0) is 14.4 Å². The molecule has 2 aliphatic rings.